The minimum Gasteiger partial charge on any atom is -0.360 e. The van der Waals surface area contributed by atoms with Crippen LogP contribution in [-0.2, 0) is 0 Å². The summed E-state index contributed by atoms with van der Waals surface area (Å²) in [4.78, 5) is 12.6. The van der Waals surface area contributed by atoms with Gasteiger partial charge in [0.1, 0.15) is 17.0 Å². The zero-order valence-corrected chi connectivity index (χ0v) is 15.4. The maximum atomic E-state index is 12.6. The molecule has 1 aliphatic rings. The van der Waals surface area contributed by atoms with Crippen molar-refractivity contribution in [3.63, 3.8) is 0 Å². The van der Waals surface area contributed by atoms with Crippen LogP contribution in [0.2, 0.25) is 10.0 Å². The molecule has 1 atom stereocenters. The molecule has 3 rings (SSSR count). The first-order chi connectivity index (χ1) is 11.1. The van der Waals surface area contributed by atoms with Gasteiger partial charge in [0.05, 0.1) is 10.0 Å². The van der Waals surface area contributed by atoms with Crippen molar-refractivity contribution in [3.05, 3.63) is 39.6 Å². The lowest BCUT2D eigenvalue weighted by atomic mass is 10.1. The van der Waals surface area contributed by atoms with Gasteiger partial charge < -0.3 is 15.2 Å². The van der Waals surface area contributed by atoms with Gasteiger partial charge in [0.2, 0.25) is 0 Å². The van der Waals surface area contributed by atoms with Crippen molar-refractivity contribution in [2.75, 3.05) is 13.1 Å². The molecule has 1 saturated heterocycles. The minimum absolute atomic E-state index is 0. The minimum atomic E-state index is -0.233. The van der Waals surface area contributed by atoms with E-state index in [-0.39, 0.29) is 18.3 Å². The fourth-order valence-electron chi connectivity index (χ4n) is 2.77. The monoisotopic (exact) mass is 389 g/mol. The third-order valence-electron chi connectivity index (χ3n) is 3.96. The van der Waals surface area contributed by atoms with Gasteiger partial charge in [-0.05, 0) is 38.4 Å². The summed E-state index contributed by atoms with van der Waals surface area (Å²) in [6.45, 7) is 3.26. The highest BCUT2D eigenvalue weighted by atomic mass is 35.5. The average Bonchev–Trinajstić information content (AvgIpc) is 3.15. The van der Waals surface area contributed by atoms with E-state index in [2.05, 4.69) is 15.8 Å². The van der Waals surface area contributed by atoms with Gasteiger partial charge in [0.15, 0.2) is 0 Å². The highest BCUT2D eigenvalue weighted by molar-refractivity contribution is 6.39. The molecule has 130 valence electrons. The molecule has 1 unspecified atom stereocenters. The topological polar surface area (TPSA) is 67.2 Å². The van der Waals surface area contributed by atoms with Gasteiger partial charge in [-0.1, -0.05) is 34.4 Å². The summed E-state index contributed by atoms with van der Waals surface area (Å²) in [5, 5.41) is 11.1. The Kier molecular flexibility index (Phi) is 6.52. The van der Waals surface area contributed by atoms with Crippen LogP contribution in [-0.4, -0.2) is 30.2 Å². The summed E-state index contributed by atoms with van der Waals surface area (Å²) in [6, 6.07) is 5.46. The van der Waals surface area contributed by atoms with Crippen molar-refractivity contribution in [1.82, 2.24) is 15.8 Å². The van der Waals surface area contributed by atoms with Crippen LogP contribution in [0, 0.1) is 6.92 Å². The Morgan fingerprint density at radius 3 is 2.75 bits per heavy atom. The lowest BCUT2D eigenvalue weighted by Crippen LogP contribution is -2.37. The van der Waals surface area contributed by atoms with E-state index in [4.69, 9.17) is 27.7 Å². The van der Waals surface area contributed by atoms with Crippen LogP contribution in [0.15, 0.2) is 22.7 Å². The highest BCUT2D eigenvalue weighted by Gasteiger charge is 2.25. The van der Waals surface area contributed by atoms with E-state index in [1.54, 1.807) is 25.1 Å². The molecule has 24 heavy (non-hydrogen) atoms. The number of hydrogen-bond acceptors (Lipinski definition) is 4. The SMILES string of the molecule is Cc1onc(-c2c(Cl)cccc2Cl)c1C(=O)NCC1CCCN1.Cl. The number of aromatic nitrogens is 1. The second-order valence-electron chi connectivity index (χ2n) is 5.56. The summed E-state index contributed by atoms with van der Waals surface area (Å²) >= 11 is 12.4. The van der Waals surface area contributed by atoms with Crippen LogP contribution in [0.5, 0.6) is 0 Å². The molecule has 0 bridgehead atoms. The lowest BCUT2D eigenvalue weighted by Gasteiger charge is -2.12. The summed E-state index contributed by atoms with van der Waals surface area (Å²) in [5.74, 6) is 0.205. The third-order valence-corrected chi connectivity index (χ3v) is 4.59. The second kappa shape index (κ2) is 8.21. The molecule has 1 aromatic heterocycles. The van der Waals surface area contributed by atoms with Crippen LogP contribution in [0.3, 0.4) is 0 Å². The molecule has 0 aliphatic carbocycles. The van der Waals surface area contributed by atoms with E-state index in [0.29, 0.717) is 45.2 Å². The Morgan fingerprint density at radius 1 is 1.42 bits per heavy atom. The quantitative estimate of drug-likeness (QED) is 0.832. The molecular formula is C16H18Cl3N3O2. The summed E-state index contributed by atoms with van der Waals surface area (Å²) < 4.78 is 5.21. The van der Waals surface area contributed by atoms with E-state index in [9.17, 15) is 4.79 Å². The Bertz CT molecular complexity index is 707. The highest BCUT2D eigenvalue weighted by Crippen LogP contribution is 2.36. The molecule has 0 saturated carbocycles. The predicted molar refractivity (Wildman–Crippen MR) is 97.3 cm³/mol. The predicted octanol–water partition coefficient (Wildman–Crippen LogP) is 3.86. The molecule has 8 heteroatoms. The molecule has 5 nitrogen and oxygen atoms in total. The van der Waals surface area contributed by atoms with Gasteiger partial charge in [-0.15, -0.1) is 12.4 Å². The number of nitrogens with one attached hydrogen (secondary N) is 2. The van der Waals surface area contributed by atoms with E-state index >= 15 is 0 Å². The molecule has 1 fully saturated rings. The fourth-order valence-corrected chi connectivity index (χ4v) is 3.35. The van der Waals surface area contributed by atoms with Gasteiger partial charge in [-0.3, -0.25) is 4.79 Å². The van der Waals surface area contributed by atoms with E-state index in [1.165, 1.54) is 0 Å². The molecule has 2 aromatic rings. The molecule has 0 radical (unpaired) electrons. The smallest absolute Gasteiger partial charge is 0.257 e. The lowest BCUT2D eigenvalue weighted by molar-refractivity contribution is 0.0949. The Labute approximate surface area is 156 Å². The largest absolute Gasteiger partial charge is 0.360 e. The maximum absolute atomic E-state index is 12.6. The second-order valence-corrected chi connectivity index (χ2v) is 6.38. The summed E-state index contributed by atoms with van der Waals surface area (Å²) in [7, 11) is 0. The molecular weight excluding hydrogens is 373 g/mol. The van der Waals surface area contributed by atoms with Crippen molar-refractivity contribution in [3.8, 4) is 11.3 Å². The van der Waals surface area contributed by atoms with Crippen LogP contribution in [0.4, 0.5) is 0 Å². The third kappa shape index (κ3) is 3.86. The van der Waals surface area contributed by atoms with Crippen molar-refractivity contribution >= 4 is 41.5 Å². The first-order valence-electron chi connectivity index (χ1n) is 7.50. The molecule has 1 aromatic carbocycles. The number of benzene rings is 1. The maximum Gasteiger partial charge on any atom is 0.257 e. The normalized spacial score (nSPS) is 16.7. The van der Waals surface area contributed by atoms with Crippen molar-refractivity contribution in [2.45, 2.75) is 25.8 Å². The zero-order valence-electron chi connectivity index (χ0n) is 13.1. The fraction of sp³-hybridized carbons (Fsp3) is 0.375. The number of carbonyl (C=O) groups excluding carboxylic acids is 1. The molecule has 2 N–H and O–H groups in total. The van der Waals surface area contributed by atoms with Crippen LogP contribution < -0.4 is 10.6 Å². The number of nitrogens with zero attached hydrogens (tertiary/aromatic N) is 1. The number of aryl methyl sites for hydroxylation is 1. The van der Waals surface area contributed by atoms with Crippen molar-refractivity contribution in [1.29, 1.82) is 0 Å². The Morgan fingerprint density at radius 2 is 2.12 bits per heavy atom. The standard InChI is InChI=1S/C16H17Cl2N3O2.ClH/c1-9-13(16(22)20-8-10-4-3-7-19-10)15(21-23-9)14-11(17)5-2-6-12(14)18;/h2,5-6,10,19H,3-4,7-8H2,1H3,(H,20,22);1H. The molecule has 0 spiro atoms. The Hall–Kier alpha value is -1.27. The van der Waals surface area contributed by atoms with Gasteiger partial charge in [-0.2, -0.15) is 0 Å². The summed E-state index contributed by atoms with van der Waals surface area (Å²) in [6.07, 6.45) is 2.19. The number of hydrogen-bond donors (Lipinski definition) is 2. The average molecular weight is 391 g/mol. The number of rotatable bonds is 4. The van der Waals surface area contributed by atoms with Gasteiger partial charge >= 0.3 is 0 Å². The van der Waals surface area contributed by atoms with Gasteiger partial charge in [0, 0.05) is 18.2 Å². The van der Waals surface area contributed by atoms with E-state index < -0.39 is 0 Å². The number of amides is 1. The number of halogens is 3. The van der Waals surface area contributed by atoms with Crippen LogP contribution in [0.1, 0.15) is 29.0 Å². The summed E-state index contributed by atoms with van der Waals surface area (Å²) in [5.41, 5.74) is 1.25. The van der Waals surface area contributed by atoms with E-state index in [0.717, 1.165) is 19.4 Å². The Balaban J connectivity index is 0.00000208. The molecule has 1 aliphatic heterocycles. The van der Waals surface area contributed by atoms with Gasteiger partial charge in [0.25, 0.3) is 5.91 Å². The van der Waals surface area contributed by atoms with Gasteiger partial charge in [-0.25, -0.2) is 0 Å². The van der Waals surface area contributed by atoms with Crippen LogP contribution >= 0.6 is 35.6 Å². The number of carbonyl (C=O) groups is 1. The van der Waals surface area contributed by atoms with Crippen molar-refractivity contribution < 1.29 is 9.32 Å². The molecule has 1 amide bonds. The molecule has 2 heterocycles. The first-order valence-corrected chi connectivity index (χ1v) is 8.25. The van der Waals surface area contributed by atoms with Crippen LogP contribution in [0.25, 0.3) is 11.3 Å². The van der Waals surface area contributed by atoms with Crippen molar-refractivity contribution in [2.24, 2.45) is 0 Å². The first kappa shape index (κ1) is 19.1. The van der Waals surface area contributed by atoms with E-state index in [1.807, 2.05) is 0 Å². The zero-order chi connectivity index (χ0) is 16.4.